The number of carbonyl (C=O) groups is 1. The van der Waals surface area contributed by atoms with Crippen molar-refractivity contribution in [2.45, 2.75) is 18.9 Å². The van der Waals surface area contributed by atoms with E-state index in [2.05, 4.69) is 15.3 Å². The lowest BCUT2D eigenvalue weighted by Crippen LogP contribution is -2.31. The number of hydrogen-bond donors (Lipinski definition) is 2. The number of aromatic nitrogens is 2. The summed E-state index contributed by atoms with van der Waals surface area (Å²) in [7, 11) is 1.52. The van der Waals surface area contributed by atoms with Crippen molar-refractivity contribution in [1.29, 1.82) is 0 Å². The van der Waals surface area contributed by atoms with E-state index in [1.54, 1.807) is 30.3 Å². The fourth-order valence-electron chi connectivity index (χ4n) is 4.15. The monoisotopic (exact) mass is 471 g/mol. The lowest BCUT2D eigenvalue weighted by atomic mass is 9.86. The smallest absolute Gasteiger partial charge is 0.257 e. The van der Waals surface area contributed by atoms with Gasteiger partial charge < -0.3 is 19.8 Å². The third-order valence-corrected chi connectivity index (χ3v) is 5.90. The number of H-pyrrole nitrogens is 1. The van der Waals surface area contributed by atoms with E-state index in [9.17, 15) is 14.0 Å². The van der Waals surface area contributed by atoms with E-state index in [1.807, 2.05) is 30.3 Å². The molecule has 4 aromatic rings. The average molecular weight is 471 g/mol. The minimum absolute atomic E-state index is 0.0986. The molecule has 2 N–H and O–H groups in total. The first-order valence-electron chi connectivity index (χ1n) is 11.1. The van der Waals surface area contributed by atoms with E-state index in [0.29, 0.717) is 22.9 Å². The van der Waals surface area contributed by atoms with Crippen molar-refractivity contribution < 1.29 is 18.7 Å². The van der Waals surface area contributed by atoms with E-state index in [0.717, 1.165) is 16.7 Å². The third kappa shape index (κ3) is 4.63. The van der Waals surface area contributed by atoms with Crippen molar-refractivity contribution in [3.63, 3.8) is 0 Å². The number of rotatable bonds is 6. The molecule has 2 heterocycles. The zero-order chi connectivity index (χ0) is 24.4. The van der Waals surface area contributed by atoms with Gasteiger partial charge in [-0.25, -0.2) is 9.37 Å². The summed E-state index contributed by atoms with van der Waals surface area (Å²) < 4.78 is 24.5. The Morgan fingerprint density at radius 2 is 1.77 bits per heavy atom. The molecule has 0 saturated carbocycles. The van der Waals surface area contributed by atoms with E-state index in [1.165, 1.54) is 19.2 Å². The number of ether oxygens (including phenoxy) is 2. The van der Waals surface area contributed by atoms with Gasteiger partial charge in [-0.3, -0.25) is 9.59 Å². The van der Waals surface area contributed by atoms with Crippen molar-refractivity contribution in [2.75, 3.05) is 12.4 Å². The van der Waals surface area contributed by atoms with Crippen LogP contribution in [0, 0.1) is 5.82 Å². The largest absolute Gasteiger partial charge is 0.493 e. The van der Waals surface area contributed by atoms with Crippen molar-refractivity contribution in [1.82, 2.24) is 9.97 Å². The normalized spacial score (nSPS) is 14.7. The Kier molecular flexibility index (Phi) is 6.01. The lowest BCUT2D eigenvalue weighted by molar-refractivity contribution is -0.116. The van der Waals surface area contributed by atoms with Gasteiger partial charge in [-0.1, -0.05) is 48.5 Å². The predicted molar refractivity (Wildman–Crippen MR) is 129 cm³/mol. The number of aromatic amines is 1. The van der Waals surface area contributed by atoms with E-state index in [4.69, 9.17) is 9.47 Å². The first-order valence-corrected chi connectivity index (χ1v) is 11.1. The summed E-state index contributed by atoms with van der Waals surface area (Å²) in [5.41, 5.74) is 2.36. The Bertz CT molecular complexity index is 1440. The van der Waals surface area contributed by atoms with Crippen LogP contribution in [-0.4, -0.2) is 23.0 Å². The maximum Gasteiger partial charge on any atom is 0.257 e. The molecule has 176 valence electrons. The van der Waals surface area contributed by atoms with Crippen LogP contribution in [-0.2, 0) is 11.4 Å². The molecule has 0 radical (unpaired) electrons. The highest BCUT2D eigenvalue weighted by molar-refractivity contribution is 5.94. The molecule has 0 spiro atoms. The molecule has 0 bridgehead atoms. The summed E-state index contributed by atoms with van der Waals surface area (Å²) in [6.07, 6.45) is 0.0986. The van der Waals surface area contributed by atoms with E-state index < -0.39 is 5.92 Å². The molecular weight excluding hydrogens is 449 g/mol. The molecule has 7 nitrogen and oxygen atoms in total. The number of carbonyl (C=O) groups excluding carboxylic acids is 1. The van der Waals surface area contributed by atoms with Gasteiger partial charge in [0.25, 0.3) is 5.56 Å². The van der Waals surface area contributed by atoms with Crippen LogP contribution in [0.15, 0.2) is 77.6 Å². The van der Waals surface area contributed by atoms with E-state index >= 15 is 0 Å². The number of halogens is 1. The van der Waals surface area contributed by atoms with Gasteiger partial charge in [0.05, 0.1) is 12.7 Å². The first kappa shape index (κ1) is 22.3. The summed E-state index contributed by atoms with van der Waals surface area (Å²) in [6, 6.07) is 20.6. The van der Waals surface area contributed by atoms with E-state index in [-0.39, 0.29) is 36.1 Å². The van der Waals surface area contributed by atoms with Crippen LogP contribution in [0.3, 0.4) is 0 Å². The van der Waals surface area contributed by atoms with Crippen molar-refractivity contribution in [3.05, 3.63) is 106 Å². The molecular formula is C27H22FN3O4. The molecule has 0 unspecified atom stereocenters. The van der Waals surface area contributed by atoms with Crippen LogP contribution in [0.2, 0.25) is 0 Å². The number of nitrogens with zero attached hydrogens (tertiary/aromatic N) is 1. The summed E-state index contributed by atoms with van der Waals surface area (Å²) in [6.45, 7) is 0.233. The zero-order valence-corrected chi connectivity index (χ0v) is 18.9. The average Bonchev–Trinajstić information content (AvgIpc) is 2.88. The Balaban J connectivity index is 1.46. The highest BCUT2D eigenvalue weighted by Gasteiger charge is 2.31. The van der Waals surface area contributed by atoms with Gasteiger partial charge in [-0.15, -0.1) is 0 Å². The second kappa shape index (κ2) is 9.42. The molecule has 3 aromatic carbocycles. The molecule has 0 fully saturated rings. The van der Waals surface area contributed by atoms with Crippen molar-refractivity contribution in [2.24, 2.45) is 0 Å². The highest BCUT2D eigenvalue weighted by atomic mass is 19.1. The van der Waals surface area contributed by atoms with Crippen LogP contribution in [0.1, 0.15) is 29.0 Å². The summed E-state index contributed by atoms with van der Waals surface area (Å²) in [5.74, 6) is 0.555. The lowest BCUT2D eigenvalue weighted by Gasteiger charge is -2.25. The Morgan fingerprint density at radius 1 is 1.00 bits per heavy atom. The number of amides is 1. The maximum absolute atomic E-state index is 13.1. The first-order chi connectivity index (χ1) is 17.0. The zero-order valence-electron chi connectivity index (χ0n) is 18.9. The third-order valence-electron chi connectivity index (χ3n) is 5.90. The fourth-order valence-corrected chi connectivity index (χ4v) is 4.15. The molecule has 1 amide bonds. The molecule has 5 rings (SSSR count). The fraction of sp³-hybridized carbons (Fsp3) is 0.148. The summed E-state index contributed by atoms with van der Waals surface area (Å²) in [5, 5.41) is 2.74. The number of nitrogens with one attached hydrogen (secondary N) is 2. The molecule has 0 aliphatic carbocycles. The van der Waals surface area contributed by atoms with Crippen LogP contribution in [0.4, 0.5) is 10.2 Å². The van der Waals surface area contributed by atoms with Crippen LogP contribution in [0.5, 0.6) is 11.5 Å². The van der Waals surface area contributed by atoms with Gasteiger partial charge in [0.15, 0.2) is 11.5 Å². The van der Waals surface area contributed by atoms with Crippen molar-refractivity contribution >= 4 is 11.7 Å². The number of anilines is 1. The SMILES string of the molecule is COc1cc([C@H]2CC(=O)Nc3nc(-c4ccccc4)[nH]c(=O)c32)ccc1OCc1ccc(F)cc1. The Morgan fingerprint density at radius 3 is 2.51 bits per heavy atom. The Labute approximate surface area is 200 Å². The Hall–Kier alpha value is -4.46. The minimum atomic E-state index is -0.500. The molecule has 35 heavy (non-hydrogen) atoms. The number of methoxy groups -OCH3 is 1. The number of benzene rings is 3. The standard InChI is InChI=1S/C27H22FN3O4/c1-34-22-13-18(9-12-21(22)35-15-16-7-10-19(28)11-8-16)20-14-23(32)29-26-24(20)27(33)31-25(30-26)17-5-3-2-4-6-17/h2-13,20H,14-15H2,1H3,(H2,29,30,31,32,33)/t20-/m1/s1. The molecule has 8 heteroatoms. The second-order valence-electron chi connectivity index (χ2n) is 8.17. The van der Waals surface area contributed by atoms with Gasteiger partial charge in [0.2, 0.25) is 5.91 Å². The van der Waals surface area contributed by atoms with Crippen LogP contribution < -0.4 is 20.3 Å². The number of hydrogen-bond acceptors (Lipinski definition) is 5. The van der Waals surface area contributed by atoms with Crippen LogP contribution in [0.25, 0.3) is 11.4 Å². The second-order valence-corrected chi connectivity index (χ2v) is 8.17. The molecule has 1 atom stereocenters. The molecule has 0 saturated heterocycles. The quantitative estimate of drug-likeness (QED) is 0.428. The highest BCUT2D eigenvalue weighted by Crippen LogP contribution is 2.38. The van der Waals surface area contributed by atoms with Gasteiger partial charge in [-0.2, -0.15) is 0 Å². The van der Waals surface area contributed by atoms with Gasteiger partial charge >= 0.3 is 0 Å². The predicted octanol–water partition coefficient (Wildman–Crippen LogP) is 4.64. The molecule has 1 aliphatic heterocycles. The van der Waals surface area contributed by atoms with Gasteiger partial charge in [-0.05, 0) is 35.4 Å². The maximum atomic E-state index is 13.1. The molecule has 1 aliphatic rings. The topological polar surface area (TPSA) is 93.3 Å². The molecule has 1 aromatic heterocycles. The number of fused-ring (bicyclic) bond motifs is 1. The van der Waals surface area contributed by atoms with Gasteiger partial charge in [0, 0.05) is 17.9 Å². The summed E-state index contributed by atoms with van der Waals surface area (Å²) >= 11 is 0. The van der Waals surface area contributed by atoms with Crippen molar-refractivity contribution in [3.8, 4) is 22.9 Å². The van der Waals surface area contributed by atoms with Crippen LogP contribution >= 0.6 is 0 Å². The minimum Gasteiger partial charge on any atom is -0.493 e. The summed E-state index contributed by atoms with van der Waals surface area (Å²) in [4.78, 5) is 33.0. The van der Waals surface area contributed by atoms with Gasteiger partial charge in [0.1, 0.15) is 24.1 Å².